The third-order valence-electron chi connectivity index (χ3n) is 3.89. The molecule has 0 aliphatic rings. The van der Waals surface area contributed by atoms with E-state index in [0.717, 1.165) is 16.5 Å². The van der Waals surface area contributed by atoms with Crippen molar-refractivity contribution in [3.05, 3.63) is 41.9 Å². The van der Waals surface area contributed by atoms with Gasteiger partial charge in [-0.1, -0.05) is 18.2 Å². The SMILES string of the molecule is Cc1nc(NC(=O)C(C)c2cn(C)c3ccccc23)n(C)n1. The number of amides is 1. The lowest BCUT2D eigenvalue weighted by Gasteiger charge is -2.10. The van der Waals surface area contributed by atoms with Gasteiger partial charge < -0.3 is 4.57 Å². The Hall–Kier alpha value is -2.63. The van der Waals surface area contributed by atoms with Gasteiger partial charge in [0.1, 0.15) is 5.82 Å². The summed E-state index contributed by atoms with van der Waals surface area (Å²) in [5, 5.41) is 8.08. The molecule has 1 amide bonds. The normalized spacial score (nSPS) is 12.5. The molecule has 0 fully saturated rings. The average molecular weight is 297 g/mol. The number of benzene rings is 1. The Morgan fingerprint density at radius 1 is 1.27 bits per heavy atom. The molecule has 0 bridgehead atoms. The van der Waals surface area contributed by atoms with Gasteiger partial charge in [-0.05, 0) is 25.5 Å². The van der Waals surface area contributed by atoms with Crippen molar-refractivity contribution in [2.24, 2.45) is 14.1 Å². The number of aryl methyl sites for hydroxylation is 3. The van der Waals surface area contributed by atoms with E-state index in [1.807, 2.05) is 42.9 Å². The highest BCUT2D eigenvalue weighted by Crippen LogP contribution is 2.27. The van der Waals surface area contributed by atoms with Crippen molar-refractivity contribution >= 4 is 22.8 Å². The van der Waals surface area contributed by atoms with E-state index in [1.165, 1.54) is 0 Å². The predicted octanol–water partition coefficient (Wildman–Crippen LogP) is 2.36. The van der Waals surface area contributed by atoms with E-state index in [0.29, 0.717) is 11.8 Å². The van der Waals surface area contributed by atoms with Gasteiger partial charge in [0.2, 0.25) is 11.9 Å². The molecule has 0 saturated heterocycles. The maximum Gasteiger partial charge on any atom is 0.234 e. The van der Waals surface area contributed by atoms with E-state index >= 15 is 0 Å². The minimum absolute atomic E-state index is 0.0909. The van der Waals surface area contributed by atoms with Gasteiger partial charge in [0.15, 0.2) is 0 Å². The first kappa shape index (κ1) is 14.3. The fourth-order valence-electron chi connectivity index (χ4n) is 2.70. The van der Waals surface area contributed by atoms with Crippen LogP contribution in [0.15, 0.2) is 30.5 Å². The maximum atomic E-state index is 12.5. The van der Waals surface area contributed by atoms with Gasteiger partial charge in [-0.3, -0.25) is 10.1 Å². The molecule has 0 radical (unpaired) electrons. The summed E-state index contributed by atoms with van der Waals surface area (Å²) in [5.74, 6) is 0.736. The Bertz CT molecular complexity index is 845. The monoisotopic (exact) mass is 297 g/mol. The largest absolute Gasteiger partial charge is 0.350 e. The topological polar surface area (TPSA) is 64.7 Å². The fraction of sp³-hybridized carbons (Fsp3) is 0.312. The molecule has 22 heavy (non-hydrogen) atoms. The molecule has 1 atom stereocenters. The standard InChI is InChI=1S/C16H19N5O/c1-10(15(22)18-16-17-11(2)19-21(16)4)13-9-20(3)14-8-6-5-7-12(13)14/h5-10H,1-4H3,(H,17,18,19,22). The summed E-state index contributed by atoms with van der Waals surface area (Å²) < 4.78 is 3.62. The number of nitrogens with zero attached hydrogens (tertiary/aromatic N) is 4. The minimum atomic E-state index is -0.275. The summed E-state index contributed by atoms with van der Waals surface area (Å²) in [4.78, 5) is 16.7. The molecule has 0 aliphatic carbocycles. The minimum Gasteiger partial charge on any atom is -0.350 e. The molecule has 0 saturated carbocycles. The number of nitrogens with one attached hydrogen (secondary N) is 1. The van der Waals surface area contributed by atoms with Crippen molar-refractivity contribution in [3.63, 3.8) is 0 Å². The third-order valence-corrected chi connectivity index (χ3v) is 3.89. The molecule has 114 valence electrons. The van der Waals surface area contributed by atoms with E-state index in [-0.39, 0.29) is 11.8 Å². The van der Waals surface area contributed by atoms with Crippen molar-refractivity contribution in [1.29, 1.82) is 0 Å². The van der Waals surface area contributed by atoms with Crippen LogP contribution in [-0.4, -0.2) is 25.2 Å². The number of hydrogen-bond acceptors (Lipinski definition) is 3. The molecular weight excluding hydrogens is 278 g/mol. The second kappa shape index (κ2) is 5.29. The van der Waals surface area contributed by atoms with E-state index < -0.39 is 0 Å². The number of aromatic nitrogens is 4. The van der Waals surface area contributed by atoms with Gasteiger partial charge in [-0.15, -0.1) is 0 Å². The molecule has 6 heteroatoms. The average Bonchev–Trinajstić information content (AvgIpc) is 2.99. The van der Waals surface area contributed by atoms with Crippen LogP contribution >= 0.6 is 0 Å². The molecule has 1 aromatic carbocycles. The van der Waals surface area contributed by atoms with Gasteiger partial charge in [-0.25, -0.2) is 4.68 Å². The number of fused-ring (bicyclic) bond motifs is 1. The maximum absolute atomic E-state index is 12.5. The molecule has 2 heterocycles. The lowest BCUT2D eigenvalue weighted by molar-refractivity contribution is -0.117. The highest BCUT2D eigenvalue weighted by atomic mass is 16.2. The van der Waals surface area contributed by atoms with Crippen molar-refractivity contribution < 1.29 is 4.79 Å². The number of carbonyl (C=O) groups is 1. The van der Waals surface area contributed by atoms with Crippen molar-refractivity contribution in [1.82, 2.24) is 19.3 Å². The second-order valence-corrected chi connectivity index (χ2v) is 5.53. The molecular formula is C16H19N5O. The number of para-hydroxylation sites is 1. The summed E-state index contributed by atoms with van der Waals surface area (Å²) in [6, 6.07) is 8.08. The highest BCUT2D eigenvalue weighted by Gasteiger charge is 2.21. The van der Waals surface area contributed by atoms with Gasteiger partial charge >= 0.3 is 0 Å². The van der Waals surface area contributed by atoms with Gasteiger partial charge in [0.05, 0.1) is 5.92 Å². The molecule has 1 unspecified atom stereocenters. The van der Waals surface area contributed by atoms with Crippen LogP contribution in [-0.2, 0) is 18.9 Å². The van der Waals surface area contributed by atoms with Crippen LogP contribution in [0.2, 0.25) is 0 Å². The Morgan fingerprint density at radius 3 is 2.68 bits per heavy atom. The summed E-state index contributed by atoms with van der Waals surface area (Å²) in [5.41, 5.74) is 2.13. The van der Waals surface area contributed by atoms with Crippen LogP contribution in [0.1, 0.15) is 24.2 Å². The third kappa shape index (κ3) is 2.36. The Labute approximate surface area is 128 Å². The number of carbonyl (C=O) groups excluding carboxylic acids is 1. The second-order valence-electron chi connectivity index (χ2n) is 5.53. The highest BCUT2D eigenvalue weighted by molar-refractivity contribution is 5.98. The van der Waals surface area contributed by atoms with Crippen LogP contribution in [0.4, 0.5) is 5.95 Å². The Kier molecular flexibility index (Phi) is 3.44. The van der Waals surface area contributed by atoms with Crippen LogP contribution in [0.25, 0.3) is 10.9 Å². The van der Waals surface area contributed by atoms with Gasteiger partial charge in [0, 0.05) is 31.2 Å². The van der Waals surface area contributed by atoms with E-state index in [2.05, 4.69) is 21.5 Å². The summed E-state index contributed by atoms with van der Waals surface area (Å²) in [6.45, 7) is 3.70. The molecule has 2 aromatic heterocycles. The molecule has 3 rings (SSSR count). The number of anilines is 1. The lowest BCUT2D eigenvalue weighted by atomic mass is 10.00. The first-order valence-electron chi connectivity index (χ1n) is 7.20. The quantitative estimate of drug-likeness (QED) is 0.807. The first-order chi connectivity index (χ1) is 10.5. The zero-order valence-electron chi connectivity index (χ0n) is 13.2. The van der Waals surface area contributed by atoms with Gasteiger partial charge in [-0.2, -0.15) is 10.1 Å². The molecule has 0 spiro atoms. The molecule has 0 aliphatic heterocycles. The zero-order chi connectivity index (χ0) is 15.9. The van der Waals surface area contributed by atoms with Crippen molar-refractivity contribution in [2.45, 2.75) is 19.8 Å². The fourth-order valence-corrected chi connectivity index (χ4v) is 2.70. The smallest absolute Gasteiger partial charge is 0.234 e. The van der Waals surface area contributed by atoms with E-state index in [1.54, 1.807) is 18.7 Å². The Morgan fingerprint density at radius 2 is 2.00 bits per heavy atom. The van der Waals surface area contributed by atoms with Crippen LogP contribution in [0, 0.1) is 6.92 Å². The van der Waals surface area contributed by atoms with Crippen LogP contribution in [0.3, 0.4) is 0 Å². The lowest BCUT2D eigenvalue weighted by Crippen LogP contribution is -2.21. The predicted molar refractivity (Wildman–Crippen MR) is 85.7 cm³/mol. The molecule has 1 N–H and O–H groups in total. The van der Waals surface area contributed by atoms with Crippen LogP contribution < -0.4 is 5.32 Å². The van der Waals surface area contributed by atoms with Gasteiger partial charge in [0.25, 0.3) is 0 Å². The summed E-state index contributed by atoms with van der Waals surface area (Å²) in [7, 11) is 3.75. The summed E-state index contributed by atoms with van der Waals surface area (Å²) in [6.07, 6.45) is 2.01. The number of rotatable bonds is 3. The number of hydrogen-bond donors (Lipinski definition) is 1. The van der Waals surface area contributed by atoms with Crippen molar-refractivity contribution in [2.75, 3.05) is 5.32 Å². The van der Waals surface area contributed by atoms with E-state index in [4.69, 9.17) is 0 Å². The van der Waals surface area contributed by atoms with Crippen LogP contribution in [0.5, 0.6) is 0 Å². The zero-order valence-corrected chi connectivity index (χ0v) is 13.2. The molecule has 3 aromatic rings. The summed E-state index contributed by atoms with van der Waals surface area (Å²) >= 11 is 0. The Balaban J connectivity index is 1.90. The first-order valence-corrected chi connectivity index (χ1v) is 7.20. The van der Waals surface area contributed by atoms with Crippen molar-refractivity contribution in [3.8, 4) is 0 Å². The van der Waals surface area contributed by atoms with E-state index in [9.17, 15) is 4.79 Å². The molecule has 6 nitrogen and oxygen atoms in total.